The van der Waals surface area contributed by atoms with Crippen molar-refractivity contribution in [3.8, 4) is 0 Å². The van der Waals surface area contributed by atoms with Gasteiger partial charge in [-0.2, -0.15) is 0 Å². The van der Waals surface area contributed by atoms with Crippen molar-refractivity contribution < 1.29 is 0 Å². The number of rotatable bonds is 10. The van der Waals surface area contributed by atoms with Crippen molar-refractivity contribution in [2.75, 3.05) is 7.05 Å². The highest BCUT2D eigenvalue weighted by Gasteiger charge is 2.05. The minimum atomic E-state index is 0.641. The third kappa shape index (κ3) is 6.55. The number of pyridine rings is 1. The Morgan fingerprint density at radius 1 is 1.22 bits per heavy atom. The Labute approximate surface area is 112 Å². The summed E-state index contributed by atoms with van der Waals surface area (Å²) in [5.41, 5.74) is 1.39. The number of nitrogens with one attached hydrogen (secondary N) is 1. The smallest absolute Gasteiger partial charge is 0.0270 e. The van der Waals surface area contributed by atoms with Gasteiger partial charge < -0.3 is 5.32 Å². The Morgan fingerprint density at radius 2 is 2.00 bits per heavy atom. The third-order valence-electron chi connectivity index (χ3n) is 3.40. The highest BCUT2D eigenvalue weighted by molar-refractivity contribution is 5.09. The van der Waals surface area contributed by atoms with Gasteiger partial charge in [0.2, 0.25) is 0 Å². The number of aromatic nitrogens is 1. The summed E-state index contributed by atoms with van der Waals surface area (Å²) in [6.45, 7) is 3.76. The van der Waals surface area contributed by atoms with Crippen LogP contribution in [0.5, 0.6) is 0 Å². The second kappa shape index (κ2) is 9.84. The zero-order valence-electron chi connectivity index (χ0n) is 11.6. The van der Waals surface area contributed by atoms with Crippen LogP contribution in [0.3, 0.4) is 0 Å². The number of hydrogen-bond acceptors (Lipinski definition) is 2. The van der Waals surface area contributed by atoms with E-state index in [1.54, 1.807) is 0 Å². The van der Waals surface area contributed by atoms with Crippen molar-refractivity contribution in [1.29, 1.82) is 0 Å². The molecule has 1 heterocycles. The maximum Gasteiger partial charge on any atom is 0.0270 e. The van der Waals surface area contributed by atoms with E-state index >= 15 is 0 Å². The molecule has 0 aliphatic rings. The lowest BCUT2D eigenvalue weighted by atomic mass is 10.0. The third-order valence-corrected chi connectivity index (χ3v) is 3.40. The van der Waals surface area contributed by atoms with Crippen LogP contribution < -0.4 is 5.32 Å². The van der Waals surface area contributed by atoms with Gasteiger partial charge >= 0.3 is 0 Å². The number of aryl methyl sites for hydroxylation is 1. The molecule has 18 heavy (non-hydrogen) atoms. The van der Waals surface area contributed by atoms with Crippen molar-refractivity contribution >= 4 is 0 Å². The lowest BCUT2D eigenvalue weighted by Crippen LogP contribution is -2.25. The lowest BCUT2D eigenvalue weighted by Gasteiger charge is -2.15. The number of unbranched alkanes of at least 4 members (excludes halogenated alkanes) is 3. The van der Waals surface area contributed by atoms with Crippen molar-refractivity contribution in [3.05, 3.63) is 42.7 Å². The summed E-state index contributed by atoms with van der Waals surface area (Å²) in [4.78, 5) is 4.05. The lowest BCUT2D eigenvalue weighted by molar-refractivity contribution is 0.463. The van der Waals surface area contributed by atoms with E-state index in [0.29, 0.717) is 6.04 Å². The van der Waals surface area contributed by atoms with Gasteiger partial charge in [0.1, 0.15) is 0 Å². The molecule has 2 nitrogen and oxygen atoms in total. The van der Waals surface area contributed by atoms with Crippen LogP contribution in [-0.4, -0.2) is 18.1 Å². The molecule has 100 valence electrons. The van der Waals surface area contributed by atoms with E-state index in [4.69, 9.17) is 0 Å². The van der Waals surface area contributed by atoms with Crippen LogP contribution in [0.2, 0.25) is 0 Å². The van der Waals surface area contributed by atoms with Crippen molar-refractivity contribution in [1.82, 2.24) is 10.3 Å². The summed E-state index contributed by atoms with van der Waals surface area (Å²) < 4.78 is 0. The first-order chi connectivity index (χ1) is 8.86. The van der Waals surface area contributed by atoms with Gasteiger partial charge in [-0.15, -0.1) is 6.58 Å². The van der Waals surface area contributed by atoms with E-state index < -0.39 is 0 Å². The SMILES string of the molecule is C=CCCCCCC(CCc1ccncc1)NC. The van der Waals surface area contributed by atoms with Crippen LogP contribution in [-0.2, 0) is 6.42 Å². The second-order valence-corrected chi connectivity index (χ2v) is 4.81. The summed E-state index contributed by atoms with van der Waals surface area (Å²) in [6, 6.07) is 4.86. The van der Waals surface area contributed by atoms with Crippen LogP contribution in [0.4, 0.5) is 0 Å². The standard InChI is InChI=1S/C16H26N2/c1-3-4-5-6-7-8-16(17-2)10-9-15-11-13-18-14-12-15/h3,11-14,16-17H,1,4-10H2,2H3. The Hall–Kier alpha value is -1.15. The first-order valence-corrected chi connectivity index (χ1v) is 7.04. The minimum Gasteiger partial charge on any atom is -0.317 e. The Morgan fingerprint density at radius 3 is 2.67 bits per heavy atom. The maximum atomic E-state index is 4.05. The average Bonchev–Trinajstić information content (AvgIpc) is 2.43. The molecule has 1 atom stereocenters. The molecular formula is C16H26N2. The molecule has 0 fully saturated rings. The first kappa shape index (κ1) is 14.9. The normalized spacial score (nSPS) is 12.3. The number of nitrogens with zero attached hydrogens (tertiary/aromatic N) is 1. The van der Waals surface area contributed by atoms with Gasteiger partial charge in [-0.25, -0.2) is 0 Å². The van der Waals surface area contributed by atoms with Gasteiger partial charge in [0, 0.05) is 18.4 Å². The Bertz CT molecular complexity index is 308. The van der Waals surface area contributed by atoms with E-state index in [0.717, 1.165) is 12.8 Å². The summed E-state index contributed by atoms with van der Waals surface area (Å²) in [5.74, 6) is 0. The maximum absolute atomic E-state index is 4.05. The number of hydrogen-bond donors (Lipinski definition) is 1. The molecule has 0 amide bonds. The van der Waals surface area contributed by atoms with Crippen LogP contribution in [0.25, 0.3) is 0 Å². The molecule has 0 radical (unpaired) electrons. The Kier molecular flexibility index (Phi) is 8.15. The molecule has 1 N–H and O–H groups in total. The molecule has 0 saturated carbocycles. The van der Waals surface area contributed by atoms with Gasteiger partial charge in [-0.1, -0.05) is 18.9 Å². The molecular weight excluding hydrogens is 220 g/mol. The molecule has 1 rings (SSSR count). The highest BCUT2D eigenvalue weighted by Crippen LogP contribution is 2.11. The molecule has 0 spiro atoms. The fourth-order valence-corrected chi connectivity index (χ4v) is 2.18. The second-order valence-electron chi connectivity index (χ2n) is 4.81. The minimum absolute atomic E-state index is 0.641. The van der Waals surface area contributed by atoms with Gasteiger partial charge in [0.05, 0.1) is 0 Å². The van der Waals surface area contributed by atoms with Crippen LogP contribution in [0, 0.1) is 0 Å². The van der Waals surface area contributed by atoms with Crippen LogP contribution >= 0.6 is 0 Å². The largest absolute Gasteiger partial charge is 0.317 e. The number of allylic oxidation sites excluding steroid dienone is 1. The van der Waals surface area contributed by atoms with E-state index in [2.05, 4.69) is 36.1 Å². The van der Waals surface area contributed by atoms with E-state index in [-0.39, 0.29) is 0 Å². The molecule has 0 aliphatic carbocycles. The Balaban J connectivity index is 2.15. The molecule has 1 aromatic rings. The van der Waals surface area contributed by atoms with Crippen molar-refractivity contribution in [2.24, 2.45) is 0 Å². The molecule has 0 saturated heterocycles. The summed E-state index contributed by atoms with van der Waals surface area (Å²) in [6.07, 6.45) is 14.5. The average molecular weight is 246 g/mol. The molecule has 1 aromatic heterocycles. The van der Waals surface area contributed by atoms with Gasteiger partial charge in [-0.3, -0.25) is 4.98 Å². The molecule has 2 heteroatoms. The van der Waals surface area contributed by atoms with Crippen LogP contribution in [0.1, 0.15) is 44.1 Å². The highest BCUT2D eigenvalue weighted by atomic mass is 14.9. The van der Waals surface area contributed by atoms with Gasteiger partial charge in [-0.05, 0) is 56.8 Å². The summed E-state index contributed by atoms with van der Waals surface area (Å²) >= 11 is 0. The summed E-state index contributed by atoms with van der Waals surface area (Å²) in [7, 11) is 2.07. The van der Waals surface area contributed by atoms with Gasteiger partial charge in [0.25, 0.3) is 0 Å². The fourth-order valence-electron chi connectivity index (χ4n) is 2.18. The molecule has 0 bridgehead atoms. The van der Waals surface area contributed by atoms with Gasteiger partial charge in [0.15, 0.2) is 0 Å². The van der Waals surface area contributed by atoms with Crippen molar-refractivity contribution in [2.45, 2.75) is 51.0 Å². The van der Waals surface area contributed by atoms with E-state index in [1.807, 2.05) is 18.5 Å². The predicted octanol–water partition coefficient (Wildman–Crippen LogP) is 3.74. The fraction of sp³-hybridized carbons (Fsp3) is 0.562. The zero-order chi connectivity index (χ0) is 13.1. The molecule has 0 aliphatic heterocycles. The zero-order valence-corrected chi connectivity index (χ0v) is 11.6. The molecule has 1 unspecified atom stereocenters. The monoisotopic (exact) mass is 246 g/mol. The first-order valence-electron chi connectivity index (χ1n) is 7.04. The van der Waals surface area contributed by atoms with E-state index in [1.165, 1.54) is 37.7 Å². The van der Waals surface area contributed by atoms with E-state index in [9.17, 15) is 0 Å². The predicted molar refractivity (Wildman–Crippen MR) is 78.7 cm³/mol. The van der Waals surface area contributed by atoms with Crippen LogP contribution in [0.15, 0.2) is 37.2 Å². The topological polar surface area (TPSA) is 24.9 Å². The quantitative estimate of drug-likeness (QED) is 0.502. The molecule has 0 aromatic carbocycles. The summed E-state index contributed by atoms with van der Waals surface area (Å²) in [5, 5.41) is 3.43. The van der Waals surface area contributed by atoms with Crippen molar-refractivity contribution in [3.63, 3.8) is 0 Å².